The van der Waals surface area contributed by atoms with Gasteiger partial charge < -0.3 is 5.11 Å². The largest absolute Gasteiger partial charge is 0.388 e. The molecule has 16 heavy (non-hydrogen) atoms. The molecule has 1 rings (SSSR count). The van der Waals surface area contributed by atoms with Crippen LogP contribution in [0.5, 0.6) is 0 Å². The number of aliphatic hydroxyl groups excluding tert-OH is 1. The standard InChI is InChI=1S/C14H20O2/c1-2-3-5-10-13(15)11-14(16)12-8-6-4-7-9-12/h4,6-9,14,16H,2-3,5,10-11H2,1H3. The molecule has 1 unspecified atom stereocenters. The Morgan fingerprint density at radius 2 is 1.94 bits per heavy atom. The lowest BCUT2D eigenvalue weighted by Crippen LogP contribution is -2.06. The quantitative estimate of drug-likeness (QED) is 0.716. The number of Topliss-reactive ketones (excluding diaryl/α,β-unsaturated/α-hetero) is 1. The lowest BCUT2D eigenvalue weighted by molar-refractivity contribution is -0.121. The fourth-order valence-electron chi connectivity index (χ4n) is 1.68. The SMILES string of the molecule is CCCCCC(=O)CC(O)c1ccccc1. The lowest BCUT2D eigenvalue weighted by atomic mass is 10.0. The minimum atomic E-state index is -0.643. The summed E-state index contributed by atoms with van der Waals surface area (Å²) in [5.74, 6) is 0.157. The van der Waals surface area contributed by atoms with E-state index in [-0.39, 0.29) is 12.2 Å². The van der Waals surface area contributed by atoms with Gasteiger partial charge in [-0.15, -0.1) is 0 Å². The number of rotatable bonds is 7. The number of aliphatic hydroxyl groups is 1. The van der Waals surface area contributed by atoms with Gasteiger partial charge in [0.2, 0.25) is 0 Å². The van der Waals surface area contributed by atoms with Gasteiger partial charge in [0, 0.05) is 12.8 Å². The van der Waals surface area contributed by atoms with Crippen LogP contribution in [0.2, 0.25) is 0 Å². The van der Waals surface area contributed by atoms with Crippen molar-refractivity contribution in [2.24, 2.45) is 0 Å². The average Bonchev–Trinajstić information content (AvgIpc) is 2.30. The van der Waals surface area contributed by atoms with E-state index in [4.69, 9.17) is 0 Å². The number of carbonyl (C=O) groups is 1. The number of hydrogen-bond acceptors (Lipinski definition) is 2. The third-order valence-corrected chi connectivity index (χ3v) is 2.66. The molecule has 1 aromatic rings. The summed E-state index contributed by atoms with van der Waals surface area (Å²) in [6.45, 7) is 2.11. The molecule has 1 N–H and O–H groups in total. The van der Waals surface area contributed by atoms with Gasteiger partial charge in [-0.1, -0.05) is 50.1 Å². The maximum absolute atomic E-state index is 11.5. The maximum atomic E-state index is 11.5. The predicted octanol–water partition coefficient (Wildman–Crippen LogP) is 3.26. The second kappa shape index (κ2) is 7.18. The number of benzene rings is 1. The summed E-state index contributed by atoms with van der Waals surface area (Å²) < 4.78 is 0. The van der Waals surface area contributed by atoms with Crippen molar-refractivity contribution >= 4 is 5.78 Å². The van der Waals surface area contributed by atoms with Crippen LogP contribution in [0.25, 0.3) is 0 Å². The van der Waals surface area contributed by atoms with Crippen LogP contribution in [0.3, 0.4) is 0 Å². The van der Waals surface area contributed by atoms with Crippen molar-refractivity contribution in [2.75, 3.05) is 0 Å². The number of unbranched alkanes of at least 4 members (excludes halogenated alkanes) is 2. The molecule has 2 heteroatoms. The molecule has 0 aliphatic carbocycles. The Morgan fingerprint density at radius 1 is 1.25 bits per heavy atom. The Morgan fingerprint density at radius 3 is 2.56 bits per heavy atom. The molecule has 2 nitrogen and oxygen atoms in total. The third-order valence-electron chi connectivity index (χ3n) is 2.66. The van der Waals surface area contributed by atoms with Gasteiger partial charge in [-0.3, -0.25) is 4.79 Å². The van der Waals surface area contributed by atoms with Crippen molar-refractivity contribution in [3.63, 3.8) is 0 Å². The topological polar surface area (TPSA) is 37.3 Å². The molecule has 0 aliphatic rings. The van der Waals surface area contributed by atoms with Crippen LogP contribution in [0.1, 0.15) is 50.7 Å². The Kier molecular flexibility index (Phi) is 5.79. The molecular formula is C14H20O2. The highest BCUT2D eigenvalue weighted by Gasteiger charge is 2.11. The van der Waals surface area contributed by atoms with Crippen LogP contribution in [-0.2, 0) is 4.79 Å². The monoisotopic (exact) mass is 220 g/mol. The summed E-state index contributed by atoms with van der Waals surface area (Å²) >= 11 is 0. The lowest BCUT2D eigenvalue weighted by Gasteiger charge is -2.09. The van der Waals surface area contributed by atoms with Crippen molar-refractivity contribution in [3.05, 3.63) is 35.9 Å². The van der Waals surface area contributed by atoms with Gasteiger partial charge in [0.25, 0.3) is 0 Å². The van der Waals surface area contributed by atoms with Crippen LogP contribution in [0.4, 0.5) is 0 Å². The van der Waals surface area contributed by atoms with Crippen LogP contribution in [0.15, 0.2) is 30.3 Å². The Hall–Kier alpha value is -1.15. The highest BCUT2D eigenvalue weighted by Crippen LogP contribution is 2.17. The average molecular weight is 220 g/mol. The smallest absolute Gasteiger partial charge is 0.135 e. The first-order chi connectivity index (χ1) is 7.74. The van der Waals surface area contributed by atoms with Gasteiger partial charge in [-0.2, -0.15) is 0 Å². The van der Waals surface area contributed by atoms with E-state index in [0.29, 0.717) is 6.42 Å². The van der Waals surface area contributed by atoms with Crippen LogP contribution >= 0.6 is 0 Å². The molecule has 0 aromatic heterocycles. The van der Waals surface area contributed by atoms with E-state index in [2.05, 4.69) is 6.92 Å². The predicted molar refractivity (Wildman–Crippen MR) is 65.2 cm³/mol. The molecule has 0 fully saturated rings. The summed E-state index contributed by atoms with van der Waals surface area (Å²) in [5, 5.41) is 9.83. The van der Waals surface area contributed by atoms with E-state index < -0.39 is 6.10 Å². The Balaban J connectivity index is 2.34. The Labute approximate surface area is 97.3 Å². The Bertz CT molecular complexity index is 306. The molecule has 1 atom stereocenters. The van der Waals surface area contributed by atoms with E-state index >= 15 is 0 Å². The molecule has 0 radical (unpaired) electrons. The van der Waals surface area contributed by atoms with Crippen LogP contribution < -0.4 is 0 Å². The first-order valence-electron chi connectivity index (χ1n) is 5.98. The summed E-state index contributed by atoms with van der Waals surface area (Å²) in [5.41, 5.74) is 0.825. The van der Waals surface area contributed by atoms with Crippen LogP contribution in [0, 0.1) is 0 Å². The van der Waals surface area contributed by atoms with Gasteiger partial charge in [-0.05, 0) is 12.0 Å². The summed E-state index contributed by atoms with van der Waals surface area (Å²) in [6, 6.07) is 9.35. The van der Waals surface area contributed by atoms with Crippen LogP contribution in [-0.4, -0.2) is 10.9 Å². The second-order valence-electron chi connectivity index (χ2n) is 4.13. The van der Waals surface area contributed by atoms with Crippen molar-refractivity contribution in [1.82, 2.24) is 0 Å². The van der Waals surface area contributed by atoms with E-state index in [1.54, 1.807) is 0 Å². The normalized spacial score (nSPS) is 12.4. The molecular weight excluding hydrogens is 200 g/mol. The number of carbonyl (C=O) groups excluding carboxylic acids is 1. The highest BCUT2D eigenvalue weighted by atomic mass is 16.3. The van der Waals surface area contributed by atoms with Crippen molar-refractivity contribution < 1.29 is 9.90 Å². The molecule has 0 aliphatic heterocycles. The van der Waals surface area contributed by atoms with E-state index in [1.807, 2.05) is 30.3 Å². The first-order valence-corrected chi connectivity index (χ1v) is 5.98. The zero-order valence-electron chi connectivity index (χ0n) is 9.86. The molecule has 88 valence electrons. The summed E-state index contributed by atoms with van der Waals surface area (Å²) in [4.78, 5) is 11.5. The highest BCUT2D eigenvalue weighted by molar-refractivity contribution is 5.78. The van der Waals surface area contributed by atoms with Gasteiger partial charge in [0.1, 0.15) is 5.78 Å². The van der Waals surface area contributed by atoms with E-state index in [9.17, 15) is 9.90 Å². The summed E-state index contributed by atoms with van der Waals surface area (Å²) in [7, 11) is 0. The fraction of sp³-hybridized carbons (Fsp3) is 0.500. The first kappa shape index (κ1) is 12.9. The molecule has 1 aromatic carbocycles. The molecule has 0 spiro atoms. The van der Waals surface area contributed by atoms with Crippen molar-refractivity contribution in [1.29, 1.82) is 0 Å². The molecule has 0 saturated carbocycles. The third kappa shape index (κ3) is 4.58. The molecule has 0 heterocycles. The van der Waals surface area contributed by atoms with Gasteiger partial charge in [0.05, 0.1) is 6.10 Å². The minimum Gasteiger partial charge on any atom is -0.388 e. The van der Waals surface area contributed by atoms with Crippen molar-refractivity contribution in [2.45, 2.75) is 45.1 Å². The molecule has 0 amide bonds. The fourth-order valence-corrected chi connectivity index (χ4v) is 1.68. The zero-order chi connectivity index (χ0) is 11.8. The molecule has 0 saturated heterocycles. The summed E-state index contributed by atoms with van der Waals surface area (Å²) in [6.07, 6.45) is 3.35. The van der Waals surface area contributed by atoms with Gasteiger partial charge in [0.15, 0.2) is 0 Å². The maximum Gasteiger partial charge on any atom is 0.135 e. The number of ketones is 1. The second-order valence-corrected chi connectivity index (χ2v) is 4.13. The minimum absolute atomic E-state index is 0.157. The molecule has 0 bridgehead atoms. The number of hydrogen-bond donors (Lipinski definition) is 1. The zero-order valence-corrected chi connectivity index (χ0v) is 9.86. The van der Waals surface area contributed by atoms with Crippen molar-refractivity contribution in [3.8, 4) is 0 Å². The van der Waals surface area contributed by atoms with E-state index in [0.717, 1.165) is 24.8 Å². The van der Waals surface area contributed by atoms with Gasteiger partial charge in [-0.25, -0.2) is 0 Å². The van der Waals surface area contributed by atoms with E-state index in [1.165, 1.54) is 0 Å². The van der Waals surface area contributed by atoms with Gasteiger partial charge >= 0.3 is 0 Å².